The Labute approximate surface area is 119 Å². The molecule has 0 aromatic heterocycles. The summed E-state index contributed by atoms with van der Waals surface area (Å²) in [5.41, 5.74) is 0.460. The Morgan fingerprint density at radius 1 is 1.25 bits per heavy atom. The minimum absolute atomic E-state index is 0.0893. The number of nitrogens with one attached hydrogen (secondary N) is 3. The monoisotopic (exact) mass is 275 g/mol. The summed E-state index contributed by atoms with van der Waals surface area (Å²) in [6, 6.07) is 7.03. The average molecular weight is 275 g/mol. The lowest BCUT2D eigenvalue weighted by Crippen LogP contribution is -2.54. The fourth-order valence-corrected chi connectivity index (χ4v) is 2.44. The van der Waals surface area contributed by atoms with E-state index in [1.165, 1.54) is 0 Å². The van der Waals surface area contributed by atoms with E-state index in [4.69, 9.17) is 0 Å². The van der Waals surface area contributed by atoms with Crippen molar-refractivity contribution in [3.8, 4) is 0 Å². The molecule has 1 atom stereocenters. The molecule has 0 bridgehead atoms. The molecule has 1 aromatic rings. The van der Waals surface area contributed by atoms with E-state index in [0.29, 0.717) is 11.3 Å². The summed E-state index contributed by atoms with van der Waals surface area (Å²) in [7, 11) is 1.57. The highest BCUT2D eigenvalue weighted by Gasteiger charge is 2.34. The van der Waals surface area contributed by atoms with Gasteiger partial charge in [-0.1, -0.05) is 12.1 Å². The average Bonchev–Trinajstić information content (AvgIpc) is 2.47. The quantitative estimate of drug-likeness (QED) is 0.783. The molecule has 1 aliphatic heterocycles. The van der Waals surface area contributed by atoms with Crippen LogP contribution in [-0.4, -0.2) is 30.9 Å². The molecular weight excluding hydrogens is 254 g/mol. The Morgan fingerprint density at radius 3 is 2.65 bits per heavy atom. The maximum absolute atomic E-state index is 12.4. The van der Waals surface area contributed by atoms with E-state index in [-0.39, 0.29) is 11.8 Å². The number of benzene rings is 1. The topological polar surface area (TPSA) is 70.2 Å². The van der Waals surface area contributed by atoms with Crippen LogP contribution in [0.3, 0.4) is 0 Å². The molecule has 1 aliphatic rings. The van der Waals surface area contributed by atoms with Gasteiger partial charge < -0.3 is 16.0 Å². The molecular formula is C15H21N3O2. The van der Waals surface area contributed by atoms with Crippen LogP contribution >= 0.6 is 0 Å². The summed E-state index contributed by atoms with van der Waals surface area (Å²) < 4.78 is 0. The number of carbonyl (C=O) groups is 2. The highest BCUT2D eigenvalue weighted by molar-refractivity contribution is 6.05. The zero-order valence-electron chi connectivity index (χ0n) is 12.0. The molecule has 1 fully saturated rings. The standard InChI is InChI=1S/C15H21N3O2/c1-15(9-5-6-10-17-15)14(20)18-12-8-4-3-7-11(12)13(19)16-2/h3-4,7-8,17H,5-6,9-10H2,1-2H3,(H,16,19)(H,18,20). The Hall–Kier alpha value is -1.88. The Balaban J connectivity index is 2.17. The van der Waals surface area contributed by atoms with Crippen LogP contribution < -0.4 is 16.0 Å². The number of hydrogen-bond donors (Lipinski definition) is 3. The number of para-hydroxylation sites is 1. The second kappa shape index (κ2) is 6.05. The Morgan fingerprint density at radius 2 is 2.00 bits per heavy atom. The maximum Gasteiger partial charge on any atom is 0.253 e. The van der Waals surface area contributed by atoms with Crippen LogP contribution in [-0.2, 0) is 4.79 Å². The van der Waals surface area contributed by atoms with Gasteiger partial charge in [0.15, 0.2) is 0 Å². The predicted molar refractivity (Wildman–Crippen MR) is 78.7 cm³/mol. The summed E-state index contributed by atoms with van der Waals surface area (Å²) in [4.78, 5) is 24.2. The third-order valence-electron chi connectivity index (χ3n) is 3.77. The minimum Gasteiger partial charge on any atom is -0.355 e. The normalized spacial score (nSPS) is 22.1. The van der Waals surface area contributed by atoms with Gasteiger partial charge in [0.2, 0.25) is 5.91 Å². The third kappa shape index (κ3) is 2.99. The molecule has 0 aliphatic carbocycles. The van der Waals surface area contributed by atoms with Gasteiger partial charge in [0.1, 0.15) is 0 Å². The highest BCUT2D eigenvalue weighted by Crippen LogP contribution is 2.22. The third-order valence-corrected chi connectivity index (χ3v) is 3.77. The molecule has 1 saturated heterocycles. The summed E-state index contributed by atoms with van der Waals surface area (Å²) in [6.45, 7) is 2.75. The van der Waals surface area contributed by atoms with E-state index in [1.54, 1.807) is 31.3 Å². The molecule has 3 N–H and O–H groups in total. The van der Waals surface area contributed by atoms with Crippen LogP contribution in [0.4, 0.5) is 5.69 Å². The van der Waals surface area contributed by atoms with E-state index in [0.717, 1.165) is 25.8 Å². The van der Waals surface area contributed by atoms with Crippen LogP contribution in [0.1, 0.15) is 36.5 Å². The Kier molecular flexibility index (Phi) is 4.39. The van der Waals surface area contributed by atoms with Crippen LogP contribution in [0.25, 0.3) is 0 Å². The zero-order chi connectivity index (χ0) is 14.6. The Bertz CT molecular complexity index is 508. The van der Waals surface area contributed by atoms with Crippen molar-refractivity contribution in [1.82, 2.24) is 10.6 Å². The van der Waals surface area contributed by atoms with E-state index in [2.05, 4.69) is 16.0 Å². The SMILES string of the molecule is CNC(=O)c1ccccc1NC(=O)C1(C)CCCCN1. The highest BCUT2D eigenvalue weighted by atomic mass is 16.2. The first kappa shape index (κ1) is 14.5. The number of carbonyl (C=O) groups excluding carboxylic acids is 2. The second-order valence-electron chi connectivity index (χ2n) is 5.29. The predicted octanol–water partition coefficient (Wildman–Crippen LogP) is 1.52. The van der Waals surface area contributed by atoms with Gasteiger partial charge in [0.25, 0.3) is 5.91 Å². The smallest absolute Gasteiger partial charge is 0.253 e. The first-order valence-electron chi connectivity index (χ1n) is 6.94. The summed E-state index contributed by atoms with van der Waals surface area (Å²) >= 11 is 0. The van der Waals surface area contributed by atoms with Crippen molar-refractivity contribution in [2.45, 2.75) is 31.7 Å². The van der Waals surface area contributed by atoms with Gasteiger partial charge in [-0.05, 0) is 44.9 Å². The molecule has 0 saturated carbocycles. The molecule has 0 radical (unpaired) electrons. The molecule has 1 aromatic carbocycles. The van der Waals surface area contributed by atoms with Gasteiger partial charge in [-0.2, -0.15) is 0 Å². The molecule has 5 heteroatoms. The van der Waals surface area contributed by atoms with E-state index in [1.807, 2.05) is 6.92 Å². The number of amides is 2. The fourth-order valence-electron chi connectivity index (χ4n) is 2.44. The molecule has 2 rings (SSSR count). The second-order valence-corrected chi connectivity index (χ2v) is 5.29. The van der Waals surface area contributed by atoms with Crippen LogP contribution in [0.5, 0.6) is 0 Å². The van der Waals surface area contributed by atoms with Crippen LogP contribution in [0, 0.1) is 0 Å². The van der Waals surface area contributed by atoms with E-state index in [9.17, 15) is 9.59 Å². The number of anilines is 1. The molecule has 1 heterocycles. The maximum atomic E-state index is 12.4. The van der Waals surface area contributed by atoms with Crippen LogP contribution in [0.15, 0.2) is 24.3 Å². The van der Waals surface area contributed by atoms with Gasteiger partial charge in [0, 0.05) is 7.05 Å². The van der Waals surface area contributed by atoms with Gasteiger partial charge in [-0.25, -0.2) is 0 Å². The van der Waals surface area contributed by atoms with Crippen molar-refractivity contribution >= 4 is 17.5 Å². The fraction of sp³-hybridized carbons (Fsp3) is 0.467. The first-order chi connectivity index (χ1) is 9.57. The zero-order valence-corrected chi connectivity index (χ0v) is 12.0. The van der Waals surface area contributed by atoms with Crippen molar-refractivity contribution in [2.24, 2.45) is 0 Å². The van der Waals surface area contributed by atoms with Crippen molar-refractivity contribution < 1.29 is 9.59 Å². The molecule has 108 valence electrons. The van der Waals surface area contributed by atoms with Gasteiger partial charge >= 0.3 is 0 Å². The first-order valence-corrected chi connectivity index (χ1v) is 6.94. The van der Waals surface area contributed by atoms with Crippen LogP contribution in [0.2, 0.25) is 0 Å². The van der Waals surface area contributed by atoms with Crippen molar-refractivity contribution in [1.29, 1.82) is 0 Å². The summed E-state index contributed by atoms with van der Waals surface area (Å²) in [6.07, 6.45) is 2.94. The lowest BCUT2D eigenvalue weighted by molar-refractivity contribution is -0.122. The molecule has 2 amide bonds. The number of rotatable bonds is 3. The molecule has 0 spiro atoms. The molecule has 5 nitrogen and oxygen atoms in total. The molecule has 20 heavy (non-hydrogen) atoms. The largest absolute Gasteiger partial charge is 0.355 e. The van der Waals surface area contributed by atoms with Gasteiger partial charge in [-0.3, -0.25) is 9.59 Å². The van der Waals surface area contributed by atoms with Gasteiger partial charge in [-0.15, -0.1) is 0 Å². The van der Waals surface area contributed by atoms with Crippen molar-refractivity contribution in [3.05, 3.63) is 29.8 Å². The van der Waals surface area contributed by atoms with Crippen molar-refractivity contribution in [3.63, 3.8) is 0 Å². The number of piperidine rings is 1. The lowest BCUT2D eigenvalue weighted by Gasteiger charge is -2.33. The van der Waals surface area contributed by atoms with Gasteiger partial charge in [0.05, 0.1) is 16.8 Å². The van der Waals surface area contributed by atoms with Crippen molar-refractivity contribution in [2.75, 3.05) is 18.9 Å². The summed E-state index contributed by atoms with van der Waals surface area (Å²) in [5, 5.41) is 8.72. The van der Waals surface area contributed by atoms with E-state index >= 15 is 0 Å². The summed E-state index contributed by atoms with van der Waals surface area (Å²) in [5.74, 6) is -0.295. The minimum atomic E-state index is -0.561. The van der Waals surface area contributed by atoms with E-state index < -0.39 is 5.54 Å². The number of hydrogen-bond acceptors (Lipinski definition) is 3. The molecule has 1 unspecified atom stereocenters. The lowest BCUT2D eigenvalue weighted by atomic mass is 9.90.